The highest BCUT2D eigenvalue weighted by Gasteiger charge is 2.61. The first kappa shape index (κ1) is 36.3. The highest BCUT2D eigenvalue weighted by Crippen LogP contribution is 2.47. The third kappa shape index (κ3) is 8.81. The van der Waals surface area contributed by atoms with Crippen molar-refractivity contribution in [2.75, 3.05) is 6.54 Å². The quantitative estimate of drug-likeness (QED) is 0.389. The monoisotopic (exact) mass is 687 g/mol. The molecule has 0 spiro atoms. The lowest BCUT2D eigenvalue weighted by Gasteiger charge is -2.30. The fourth-order valence-corrected chi connectivity index (χ4v) is 7.01. The Bertz CT molecular complexity index is 1430. The average Bonchev–Trinajstić information content (AvgIpc) is 3.33. The van der Waals surface area contributed by atoms with Crippen LogP contribution in [0, 0.1) is 11.7 Å². The largest absolute Gasteiger partial charge is 0.444 e. The zero-order valence-electron chi connectivity index (χ0n) is 29.1. The van der Waals surface area contributed by atoms with E-state index in [1.54, 1.807) is 46.8 Å². The lowest BCUT2D eigenvalue weighted by molar-refractivity contribution is -0.145. The van der Waals surface area contributed by atoms with Crippen LogP contribution in [0.15, 0.2) is 18.2 Å². The number of carbonyl (C=O) groups is 5. The van der Waals surface area contributed by atoms with Crippen LogP contribution in [-0.4, -0.2) is 81.7 Å². The highest BCUT2D eigenvalue weighted by molar-refractivity contribution is 5.97. The Morgan fingerprint density at radius 2 is 1.76 bits per heavy atom. The Balaban J connectivity index is 1.38. The first-order valence-corrected chi connectivity index (χ1v) is 17.5. The number of nitrogens with zero attached hydrogens (tertiary/aromatic N) is 2. The van der Waals surface area contributed by atoms with E-state index in [-0.39, 0.29) is 38.1 Å². The third-order valence-corrected chi connectivity index (χ3v) is 9.58. The second-order valence-electron chi connectivity index (χ2n) is 15.0. The molecule has 1 aromatic carbocycles. The van der Waals surface area contributed by atoms with Crippen molar-refractivity contribution in [3.63, 3.8) is 0 Å². The number of amides is 5. The summed E-state index contributed by atoms with van der Waals surface area (Å²) >= 11 is 0. The number of hydrogen-bond acceptors (Lipinski definition) is 8. The molecule has 0 unspecified atom stereocenters. The normalized spacial score (nSPS) is 27.6. The lowest BCUT2D eigenvalue weighted by atomic mass is 10.0. The van der Waals surface area contributed by atoms with Crippen LogP contribution in [0.5, 0.6) is 0 Å². The molecule has 1 aliphatic carbocycles. The summed E-state index contributed by atoms with van der Waals surface area (Å²) < 4.78 is 25.7. The Morgan fingerprint density at radius 3 is 2.45 bits per heavy atom. The van der Waals surface area contributed by atoms with Crippen molar-refractivity contribution in [2.45, 2.75) is 141 Å². The van der Waals surface area contributed by atoms with Crippen LogP contribution in [-0.2, 0) is 41.8 Å². The Hall–Kier alpha value is -3.94. The minimum atomic E-state index is -1.20. The number of alkyl carbamates (subject to hydrolysis) is 1. The van der Waals surface area contributed by atoms with Crippen molar-refractivity contribution >= 4 is 29.9 Å². The van der Waals surface area contributed by atoms with E-state index in [0.29, 0.717) is 30.4 Å². The maximum atomic E-state index is 14.4. The third-order valence-electron chi connectivity index (χ3n) is 9.58. The zero-order chi connectivity index (χ0) is 35.5. The lowest BCUT2D eigenvalue weighted by Crippen LogP contribution is -2.58. The number of fused-ring (bicyclic) bond motifs is 3. The molecule has 14 heteroatoms. The van der Waals surface area contributed by atoms with Gasteiger partial charge >= 0.3 is 12.2 Å². The van der Waals surface area contributed by atoms with Crippen molar-refractivity contribution in [3.05, 3.63) is 35.1 Å². The van der Waals surface area contributed by atoms with Gasteiger partial charge in [-0.1, -0.05) is 44.2 Å². The summed E-state index contributed by atoms with van der Waals surface area (Å²) in [5.41, 5.74) is 1.61. The van der Waals surface area contributed by atoms with Crippen molar-refractivity contribution in [1.82, 2.24) is 25.9 Å². The van der Waals surface area contributed by atoms with Crippen molar-refractivity contribution in [1.29, 1.82) is 0 Å². The van der Waals surface area contributed by atoms with E-state index in [4.69, 9.17) is 14.3 Å². The number of carbonyl (C=O) groups excluding carboxylic acids is 5. The molecule has 0 radical (unpaired) electrons. The van der Waals surface area contributed by atoms with Gasteiger partial charge in [-0.3, -0.25) is 24.1 Å². The molecule has 0 aromatic heterocycles. The van der Waals surface area contributed by atoms with E-state index in [1.165, 1.54) is 15.9 Å². The summed E-state index contributed by atoms with van der Waals surface area (Å²) in [4.78, 5) is 76.1. The molecule has 3 heterocycles. The van der Waals surface area contributed by atoms with Crippen molar-refractivity contribution in [2.24, 2.45) is 5.92 Å². The van der Waals surface area contributed by atoms with Gasteiger partial charge < -0.3 is 25.0 Å². The molecule has 13 nitrogen and oxygen atoms in total. The maximum absolute atomic E-state index is 14.4. The molecule has 1 saturated carbocycles. The molecule has 5 atom stereocenters. The first-order valence-electron chi connectivity index (χ1n) is 17.5. The average molecular weight is 688 g/mol. The summed E-state index contributed by atoms with van der Waals surface area (Å²) in [6.07, 6.45) is 3.08. The van der Waals surface area contributed by atoms with Crippen molar-refractivity contribution in [3.8, 4) is 0 Å². The molecular formula is C35H50FN5O8. The van der Waals surface area contributed by atoms with Gasteiger partial charge in [0.05, 0.1) is 19.2 Å². The van der Waals surface area contributed by atoms with E-state index < -0.39 is 65.1 Å². The topological polar surface area (TPSA) is 156 Å². The second kappa shape index (κ2) is 14.9. The predicted octanol–water partition coefficient (Wildman–Crippen LogP) is 4.22. The van der Waals surface area contributed by atoms with E-state index in [0.717, 1.165) is 32.1 Å². The number of halogens is 1. The fraction of sp³-hybridized carbons (Fsp3) is 0.686. The minimum Gasteiger partial charge on any atom is -0.444 e. The Kier molecular flexibility index (Phi) is 11.0. The fourth-order valence-electron chi connectivity index (χ4n) is 7.01. The molecule has 49 heavy (non-hydrogen) atoms. The van der Waals surface area contributed by atoms with Gasteiger partial charge in [-0.25, -0.2) is 19.5 Å². The molecule has 270 valence electrons. The Labute approximate surface area is 286 Å². The zero-order valence-corrected chi connectivity index (χ0v) is 29.1. The van der Waals surface area contributed by atoms with Gasteiger partial charge in [-0.2, -0.15) is 0 Å². The highest BCUT2D eigenvalue weighted by atomic mass is 19.1. The number of rotatable bonds is 5. The van der Waals surface area contributed by atoms with Gasteiger partial charge in [-0.15, -0.1) is 0 Å². The maximum Gasteiger partial charge on any atom is 0.410 e. The van der Waals surface area contributed by atoms with Gasteiger partial charge in [0, 0.05) is 18.5 Å². The molecule has 1 aromatic rings. The molecule has 5 rings (SSSR count). The van der Waals surface area contributed by atoms with Crippen LogP contribution in [0.1, 0.15) is 104 Å². The van der Waals surface area contributed by atoms with Gasteiger partial charge in [-0.05, 0) is 71.4 Å². The van der Waals surface area contributed by atoms with Gasteiger partial charge in [0.1, 0.15) is 35.1 Å². The van der Waals surface area contributed by atoms with E-state index in [2.05, 4.69) is 16.1 Å². The standard InChI is InChI=1S/C35H50FN5O8/c1-21(2)49-39-31(44)35-17-23(35)13-9-7-6-8-10-15-27(37-32(45)48-34(3,4)5)30(43)41-19-24(16-28(41)29(42)38-35)47-33(46)40-18-22-12-11-14-26(36)25(22)20-40/h11-12,14,21,23-24,27-28H,6-10,13,15-20H2,1-5H3,(H,37,45)(H,38,42)(H,39,44)/t23-,24-,27+,28+,35-/m1/s1. The van der Waals surface area contributed by atoms with E-state index in [1.807, 2.05) is 0 Å². The molecule has 4 aliphatic rings. The van der Waals surface area contributed by atoms with E-state index in [9.17, 15) is 28.4 Å². The van der Waals surface area contributed by atoms with Crippen LogP contribution >= 0.6 is 0 Å². The number of ether oxygens (including phenoxy) is 2. The van der Waals surface area contributed by atoms with Crippen LogP contribution < -0.4 is 16.1 Å². The SMILES string of the molecule is CC(C)ONC(=O)[C@@]12C[C@H]1CCCCCCC[C@H](NC(=O)OC(C)(C)C)C(=O)N1C[C@H](OC(=O)N3Cc4cccc(F)c4C3)C[C@H]1C(=O)N2. The molecular weight excluding hydrogens is 637 g/mol. The van der Waals surface area contributed by atoms with Crippen molar-refractivity contribution < 1.29 is 42.7 Å². The van der Waals surface area contributed by atoms with Gasteiger partial charge in [0.15, 0.2) is 0 Å². The minimum absolute atomic E-state index is 0.0253. The van der Waals surface area contributed by atoms with Gasteiger partial charge in [0.25, 0.3) is 5.91 Å². The van der Waals surface area contributed by atoms with Crippen LogP contribution in [0.4, 0.5) is 14.0 Å². The van der Waals surface area contributed by atoms with Crippen LogP contribution in [0.3, 0.4) is 0 Å². The number of hydrogen-bond donors (Lipinski definition) is 3. The summed E-state index contributed by atoms with van der Waals surface area (Å²) in [5, 5.41) is 5.67. The van der Waals surface area contributed by atoms with Gasteiger partial charge in [0.2, 0.25) is 11.8 Å². The molecule has 3 fully saturated rings. The second-order valence-corrected chi connectivity index (χ2v) is 15.0. The summed E-state index contributed by atoms with van der Waals surface area (Å²) in [6, 6.07) is 2.59. The molecule has 0 bridgehead atoms. The predicted molar refractivity (Wildman–Crippen MR) is 175 cm³/mol. The summed E-state index contributed by atoms with van der Waals surface area (Å²) in [6.45, 7) is 8.83. The van der Waals surface area contributed by atoms with Crippen LogP contribution in [0.25, 0.3) is 0 Å². The number of nitrogens with one attached hydrogen (secondary N) is 3. The summed E-state index contributed by atoms with van der Waals surface area (Å²) in [5.74, 6) is -2.02. The molecule has 3 N–H and O–H groups in total. The molecule has 3 aliphatic heterocycles. The number of benzene rings is 1. The molecule has 5 amide bonds. The smallest absolute Gasteiger partial charge is 0.410 e. The van der Waals surface area contributed by atoms with E-state index >= 15 is 0 Å². The number of hydroxylamine groups is 1. The Morgan fingerprint density at radius 1 is 1.04 bits per heavy atom. The van der Waals surface area contributed by atoms with Crippen LogP contribution in [0.2, 0.25) is 0 Å². The summed E-state index contributed by atoms with van der Waals surface area (Å²) in [7, 11) is 0. The molecule has 2 saturated heterocycles. The first-order chi connectivity index (χ1) is 23.2.